The van der Waals surface area contributed by atoms with Gasteiger partial charge in [-0.25, -0.2) is 0 Å². The van der Waals surface area contributed by atoms with E-state index in [9.17, 15) is 14.4 Å². The highest BCUT2D eigenvalue weighted by Gasteiger charge is 2.19. The third kappa shape index (κ3) is 47.6. The second-order valence-corrected chi connectivity index (χ2v) is 16.7. The van der Waals surface area contributed by atoms with E-state index in [1.807, 2.05) is 6.08 Å². The van der Waals surface area contributed by atoms with Crippen LogP contribution in [0.3, 0.4) is 0 Å². The Balaban J connectivity index is 4.50. The summed E-state index contributed by atoms with van der Waals surface area (Å²) < 4.78 is 16.7. The molecular formula is C56H94O6. The van der Waals surface area contributed by atoms with Crippen LogP contribution in [0.2, 0.25) is 0 Å². The van der Waals surface area contributed by atoms with Crippen LogP contribution in [-0.4, -0.2) is 37.2 Å². The molecule has 6 heteroatoms. The average Bonchev–Trinajstić information content (AvgIpc) is 3.27. The van der Waals surface area contributed by atoms with E-state index < -0.39 is 6.10 Å². The topological polar surface area (TPSA) is 78.9 Å². The van der Waals surface area contributed by atoms with Crippen molar-refractivity contribution < 1.29 is 28.6 Å². The molecule has 0 aliphatic rings. The zero-order valence-electron chi connectivity index (χ0n) is 40.4. The van der Waals surface area contributed by atoms with Gasteiger partial charge in [-0.1, -0.05) is 215 Å². The van der Waals surface area contributed by atoms with Crippen LogP contribution in [0.5, 0.6) is 0 Å². The van der Waals surface area contributed by atoms with Gasteiger partial charge in [0.1, 0.15) is 13.2 Å². The summed E-state index contributed by atoms with van der Waals surface area (Å²) in [4.78, 5) is 37.9. The molecule has 0 heterocycles. The van der Waals surface area contributed by atoms with Gasteiger partial charge in [-0.2, -0.15) is 0 Å². The summed E-state index contributed by atoms with van der Waals surface area (Å²) >= 11 is 0. The summed E-state index contributed by atoms with van der Waals surface area (Å²) in [7, 11) is 0. The Hall–Kier alpha value is -3.41. The molecule has 0 saturated heterocycles. The quantitative estimate of drug-likeness (QED) is 0.0263. The van der Waals surface area contributed by atoms with Crippen molar-refractivity contribution in [2.75, 3.05) is 13.2 Å². The van der Waals surface area contributed by atoms with Crippen molar-refractivity contribution in [2.45, 2.75) is 239 Å². The summed E-state index contributed by atoms with van der Waals surface area (Å²) in [6.07, 6.45) is 64.3. The predicted molar refractivity (Wildman–Crippen MR) is 265 cm³/mol. The maximum absolute atomic E-state index is 12.8. The molecule has 62 heavy (non-hydrogen) atoms. The molecule has 0 saturated carbocycles. The van der Waals surface area contributed by atoms with Gasteiger partial charge in [0.2, 0.25) is 0 Å². The van der Waals surface area contributed by atoms with Crippen molar-refractivity contribution in [2.24, 2.45) is 0 Å². The number of carbonyl (C=O) groups excluding carboxylic acids is 3. The molecule has 0 bridgehead atoms. The summed E-state index contributed by atoms with van der Waals surface area (Å²) in [5.74, 6) is -1.01. The Labute approximate surface area is 382 Å². The van der Waals surface area contributed by atoms with Crippen LogP contribution in [0.1, 0.15) is 233 Å². The van der Waals surface area contributed by atoms with Crippen molar-refractivity contribution >= 4 is 17.9 Å². The van der Waals surface area contributed by atoms with Crippen molar-refractivity contribution in [3.05, 3.63) is 85.1 Å². The van der Waals surface area contributed by atoms with Gasteiger partial charge in [0.15, 0.2) is 6.10 Å². The molecule has 6 nitrogen and oxygen atoms in total. The molecule has 1 atom stereocenters. The lowest BCUT2D eigenvalue weighted by molar-refractivity contribution is -0.166. The summed E-state index contributed by atoms with van der Waals surface area (Å²) in [6, 6.07) is 0. The monoisotopic (exact) mass is 863 g/mol. The number of rotatable bonds is 45. The molecule has 0 aliphatic carbocycles. The molecule has 354 valence electrons. The second kappa shape index (κ2) is 50.2. The standard InChI is InChI=1S/C56H94O6/c1-4-7-10-13-16-19-22-25-26-27-28-29-30-32-34-37-40-43-46-49-55(58)61-52-53(51-60-54(57)48-45-42-39-36-33-24-21-18-15-12-9-6-3)62-56(59)50-47-44-41-38-35-31-23-20-17-14-11-8-5-2/h7,10,16,19,25-26,28-29,31-32,34-35,40,43,53H,4-6,8-9,11-15,17-18,20-24,27,30,33,36-39,41-42,44-52H2,1-3H3/b10-7-,19-16-,26-25-,29-28-,34-32-,35-31-,43-40-. The number of hydrogen-bond donors (Lipinski definition) is 0. The Kier molecular flexibility index (Phi) is 47.5. The van der Waals surface area contributed by atoms with E-state index in [1.54, 1.807) is 0 Å². The van der Waals surface area contributed by atoms with Gasteiger partial charge in [-0.3, -0.25) is 14.4 Å². The minimum Gasteiger partial charge on any atom is -0.462 e. The minimum absolute atomic E-state index is 0.105. The van der Waals surface area contributed by atoms with Crippen LogP contribution in [-0.2, 0) is 28.6 Å². The average molecular weight is 863 g/mol. The fraction of sp³-hybridized carbons (Fsp3) is 0.696. The SMILES string of the molecule is CC/C=C\C/C=C\C/C=C\C/C=C\C/C=C\C/C=C\CCC(=O)OCC(COC(=O)CCCCCCCCCCCCCC)OC(=O)CCCCC/C=C\CCCCCCCC. The van der Waals surface area contributed by atoms with E-state index in [1.165, 1.54) is 96.3 Å². The molecule has 0 amide bonds. The van der Waals surface area contributed by atoms with E-state index in [2.05, 4.69) is 99.8 Å². The Morgan fingerprint density at radius 3 is 1.10 bits per heavy atom. The number of carbonyl (C=O) groups is 3. The lowest BCUT2D eigenvalue weighted by atomic mass is 10.0. The molecule has 0 aromatic carbocycles. The number of hydrogen-bond acceptors (Lipinski definition) is 6. The van der Waals surface area contributed by atoms with Gasteiger partial charge < -0.3 is 14.2 Å². The number of esters is 3. The van der Waals surface area contributed by atoms with E-state index in [4.69, 9.17) is 14.2 Å². The van der Waals surface area contributed by atoms with Crippen molar-refractivity contribution in [1.82, 2.24) is 0 Å². The van der Waals surface area contributed by atoms with E-state index >= 15 is 0 Å². The molecule has 1 unspecified atom stereocenters. The first kappa shape index (κ1) is 58.6. The van der Waals surface area contributed by atoms with Gasteiger partial charge in [-0.15, -0.1) is 0 Å². The Bertz CT molecular complexity index is 1220. The maximum Gasteiger partial charge on any atom is 0.306 e. The highest BCUT2D eigenvalue weighted by Crippen LogP contribution is 2.14. The highest BCUT2D eigenvalue weighted by molar-refractivity contribution is 5.71. The molecule has 0 spiro atoms. The normalized spacial score (nSPS) is 12.8. The third-order valence-corrected chi connectivity index (χ3v) is 10.6. The van der Waals surface area contributed by atoms with Gasteiger partial charge in [0.25, 0.3) is 0 Å². The predicted octanol–water partition coefficient (Wildman–Crippen LogP) is 16.8. The van der Waals surface area contributed by atoms with Gasteiger partial charge in [0.05, 0.1) is 0 Å². The number of allylic oxidation sites excluding steroid dienone is 14. The fourth-order valence-corrected chi connectivity index (χ4v) is 6.81. The summed E-state index contributed by atoms with van der Waals surface area (Å²) in [6.45, 7) is 6.43. The molecule has 0 aromatic heterocycles. The second-order valence-electron chi connectivity index (χ2n) is 16.7. The smallest absolute Gasteiger partial charge is 0.306 e. The van der Waals surface area contributed by atoms with E-state index in [0.717, 1.165) is 89.9 Å². The highest BCUT2D eigenvalue weighted by atomic mass is 16.6. The summed E-state index contributed by atoms with van der Waals surface area (Å²) in [5, 5.41) is 0. The van der Waals surface area contributed by atoms with Crippen LogP contribution in [0.25, 0.3) is 0 Å². The molecule has 0 aromatic rings. The first-order chi connectivity index (χ1) is 30.5. The van der Waals surface area contributed by atoms with Crippen molar-refractivity contribution in [3.63, 3.8) is 0 Å². The molecule has 0 N–H and O–H groups in total. The fourth-order valence-electron chi connectivity index (χ4n) is 6.81. The minimum atomic E-state index is -0.812. The van der Waals surface area contributed by atoms with Crippen LogP contribution in [0, 0.1) is 0 Å². The molecule has 0 aliphatic heterocycles. The van der Waals surface area contributed by atoms with Gasteiger partial charge >= 0.3 is 17.9 Å². The maximum atomic E-state index is 12.8. The Morgan fingerprint density at radius 1 is 0.339 bits per heavy atom. The molecule has 0 fully saturated rings. The van der Waals surface area contributed by atoms with Crippen LogP contribution < -0.4 is 0 Å². The number of unbranched alkanes of at least 4 members (excludes halogenated alkanes) is 20. The zero-order chi connectivity index (χ0) is 45.1. The first-order valence-electron chi connectivity index (χ1n) is 25.6. The first-order valence-corrected chi connectivity index (χ1v) is 25.6. The largest absolute Gasteiger partial charge is 0.462 e. The number of ether oxygens (including phenoxy) is 3. The van der Waals surface area contributed by atoms with Crippen LogP contribution in [0.15, 0.2) is 85.1 Å². The third-order valence-electron chi connectivity index (χ3n) is 10.6. The Morgan fingerprint density at radius 2 is 0.661 bits per heavy atom. The van der Waals surface area contributed by atoms with Crippen LogP contribution in [0.4, 0.5) is 0 Å². The lowest BCUT2D eigenvalue weighted by Crippen LogP contribution is -2.30. The van der Waals surface area contributed by atoms with Crippen molar-refractivity contribution in [1.29, 1.82) is 0 Å². The molecule has 0 rings (SSSR count). The summed E-state index contributed by atoms with van der Waals surface area (Å²) in [5.41, 5.74) is 0. The van der Waals surface area contributed by atoms with E-state index in [0.29, 0.717) is 19.3 Å². The molecular weight excluding hydrogens is 769 g/mol. The zero-order valence-corrected chi connectivity index (χ0v) is 40.4. The van der Waals surface area contributed by atoms with Gasteiger partial charge in [0, 0.05) is 19.3 Å². The molecule has 0 radical (unpaired) electrons. The van der Waals surface area contributed by atoms with E-state index in [-0.39, 0.29) is 37.5 Å². The van der Waals surface area contributed by atoms with Crippen LogP contribution >= 0.6 is 0 Å². The van der Waals surface area contributed by atoms with Crippen molar-refractivity contribution in [3.8, 4) is 0 Å². The van der Waals surface area contributed by atoms with Gasteiger partial charge in [-0.05, 0) is 83.5 Å². The lowest BCUT2D eigenvalue weighted by Gasteiger charge is -2.18.